The van der Waals surface area contributed by atoms with E-state index in [0.29, 0.717) is 18.7 Å². The van der Waals surface area contributed by atoms with Crippen LogP contribution < -0.4 is 4.90 Å². The lowest BCUT2D eigenvalue weighted by Gasteiger charge is -2.23. The third-order valence-corrected chi connectivity index (χ3v) is 3.70. The number of rotatable bonds is 5. The van der Waals surface area contributed by atoms with Gasteiger partial charge in [0.2, 0.25) is 0 Å². The van der Waals surface area contributed by atoms with Crippen molar-refractivity contribution in [2.24, 2.45) is 0 Å². The number of nitrogens with zero attached hydrogens (tertiary/aromatic N) is 2. The predicted molar refractivity (Wildman–Crippen MR) is 75.6 cm³/mol. The van der Waals surface area contributed by atoms with Gasteiger partial charge < -0.3 is 9.80 Å². The zero-order valence-electron chi connectivity index (χ0n) is 12.1. The van der Waals surface area contributed by atoms with Gasteiger partial charge in [-0.05, 0) is 37.7 Å². The fraction of sp³-hybridized carbons (Fsp3) is 0.467. The molecule has 108 valence electrons. The van der Waals surface area contributed by atoms with E-state index >= 15 is 0 Å². The number of carbonyl (C=O) groups is 2. The second kappa shape index (κ2) is 5.71. The van der Waals surface area contributed by atoms with Crippen molar-refractivity contribution in [1.82, 2.24) is 4.90 Å². The lowest BCUT2D eigenvalue weighted by molar-refractivity contribution is -0.114. The third kappa shape index (κ3) is 2.45. The van der Waals surface area contributed by atoms with Crippen molar-refractivity contribution >= 4 is 17.4 Å². The Kier molecular flexibility index (Phi) is 4.18. The number of Topliss-reactive ketones (excluding diaryl/α,β-unsaturated/α-hetero) is 1. The first-order valence-corrected chi connectivity index (χ1v) is 6.88. The van der Waals surface area contributed by atoms with Crippen LogP contribution in [0.2, 0.25) is 0 Å². The molecule has 1 aliphatic rings. The van der Waals surface area contributed by atoms with Crippen LogP contribution in [-0.4, -0.2) is 42.8 Å². The summed E-state index contributed by atoms with van der Waals surface area (Å²) in [5.74, 6) is -1.74. The van der Waals surface area contributed by atoms with E-state index in [9.17, 15) is 14.0 Å². The van der Waals surface area contributed by atoms with Crippen LogP contribution in [0.15, 0.2) is 12.1 Å². The number of hydrogen-bond acceptors (Lipinski definition) is 3. The maximum atomic E-state index is 14.1. The fourth-order valence-electron chi connectivity index (χ4n) is 2.52. The van der Waals surface area contributed by atoms with Gasteiger partial charge in [0.15, 0.2) is 0 Å². The molecule has 0 bridgehead atoms. The van der Waals surface area contributed by atoms with Crippen LogP contribution in [0.5, 0.6) is 0 Å². The largest absolute Gasteiger partial charge is 0.302 e. The molecule has 0 saturated heterocycles. The maximum Gasteiger partial charge on any atom is 0.299 e. The van der Waals surface area contributed by atoms with Gasteiger partial charge in [0, 0.05) is 13.1 Å². The van der Waals surface area contributed by atoms with Gasteiger partial charge in [-0.3, -0.25) is 9.59 Å². The zero-order chi connectivity index (χ0) is 14.9. The van der Waals surface area contributed by atoms with Gasteiger partial charge in [-0.15, -0.1) is 0 Å². The summed E-state index contributed by atoms with van der Waals surface area (Å²) in [6.07, 6.45) is 0. The van der Waals surface area contributed by atoms with E-state index in [1.54, 1.807) is 13.0 Å². The second-order valence-corrected chi connectivity index (χ2v) is 4.96. The standard InChI is InChI=1S/C15H19FN2O2/c1-4-17(5-2)6-7-18-13-11(14(19)15(18)20)8-10(3)9-12(13)16/h8-9H,4-7H2,1-3H3. The molecule has 5 heteroatoms. The molecular formula is C15H19FN2O2. The monoisotopic (exact) mass is 278 g/mol. The molecule has 0 N–H and O–H groups in total. The predicted octanol–water partition coefficient (Wildman–Crippen LogP) is 2.01. The number of benzene rings is 1. The minimum Gasteiger partial charge on any atom is -0.302 e. The highest BCUT2D eigenvalue weighted by molar-refractivity contribution is 6.52. The Balaban J connectivity index is 2.29. The normalized spacial score (nSPS) is 14.3. The third-order valence-electron chi connectivity index (χ3n) is 3.70. The first-order chi connectivity index (χ1) is 9.49. The molecule has 20 heavy (non-hydrogen) atoms. The van der Waals surface area contributed by atoms with E-state index in [2.05, 4.69) is 4.90 Å². The van der Waals surface area contributed by atoms with Gasteiger partial charge in [0.05, 0.1) is 11.3 Å². The lowest BCUT2D eigenvalue weighted by Crippen LogP contribution is -2.38. The molecule has 0 unspecified atom stereocenters. The Morgan fingerprint density at radius 3 is 2.45 bits per heavy atom. The number of ketones is 1. The number of hydrogen-bond donors (Lipinski definition) is 0. The number of anilines is 1. The number of likely N-dealkylation sites (N-methyl/N-ethyl adjacent to an activating group) is 1. The molecular weight excluding hydrogens is 259 g/mol. The van der Waals surface area contributed by atoms with Crippen molar-refractivity contribution in [1.29, 1.82) is 0 Å². The SMILES string of the molecule is CCN(CC)CCN1C(=O)C(=O)c2cc(C)cc(F)c21. The van der Waals surface area contributed by atoms with Gasteiger partial charge in [0.25, 0.3) is 11.7 Å². The molecule has 1 aromatic rings. The Hall–Kier alpha value is -1.75. The highest BCUT2D eigenvalue weighted by Gasteiger charge is 2.38. The average molecular weight is 278 g/mol. The van der Waals surface area contributed by atoms with Crippen LogP contribution in [0.3, 0.4) is 0 Å². The van der Waals surface area contributed by atoms with Gasteiger partial charge in [-0.2, -0.15) is 0 Å². The molecule has 1 aliphatic heterocycles. The first-order valence-electron chi connectivity index (χ1n) is 6.88. The summed E-state index contributed by atoms with van der Waals surface area (Å²) < 4.78 is 14.1. The van der Waals surface area contributed by atoms with E-state index < -0.39 is 17.5 Å². The number of halogens is 1. The highest BCUT2D eigenvalue weighted by Crippen LogP contribution is 2.32. The summed E-state index contributed by atoms with van der Waals surface area (Å²) in [5.41, 5.74) is 0.970. The van der Waals surface area contributed by atoms with Crippen LogP contribution in [0.1, 0.15) is 29.8 Å². The first kappa shape index (κ1) is 14.7. The number of aryl methyl sites for hydroxylation is 1. The van der Waals surface area contributed by atoms with E-state index in [1.165, 1.54) is 11.0 Å². The molecule has 4 nitrogen and oxygen atoms in total. The Bertz CT molecular complexity index is 553. The van der Waals surface area contributed by atoms with Gasteiger partial charge in [0.1, 0.15) is 5.82 Å². The summed E-state index contributed by atoms with van der Waals surface area (Å²) >= 11 is 0. The molecule has 0 fully saturated rings. The van der Waals surface area contributed by atoms with Gasteiger partial charge >= 0.3 is 0 Å². The van der Waals surface area contributed by atoms with Crippen LogP contribution in [0, 0.1) is 12.7 Å². The smallest absolute Gasteiger partial charge is 0.299 e. The highest BCUT2D eigenvalue weighted by atomic mass is 19.1. The van der Waals surface area contributed by atoms with E-state index in [0.717, 1.165) is 13.1 Å². The lowest BCUT2D eigenvalue weighted by atomic mass is 10.1. The molecule has 1 heterocycles. The van der Waals surface area contributed by atoms with Crippen molar-refractivity contribution in [2.45, 2.75) is 20.8 Å². The van der Waals surface area contributed by atoms with Gasteiger partial charge in [-0.25, -0.2) is 4.39 Å². The summed E-state index contributed by atoms with van der Waals surface area (Å²) in [5, 5.41) is 0. The molecule has 0 atom stereocenters. The second-order valence-electron chi connectivity index (χ2n) is 4.96. The van der Waals surface area contributed by atoms with Crippen LogP contribution in [0.25, 0.3) is 0 Å². The summed E-state index contributed by atoms with van der Waals surface area (Å²) in [7, 11) is 0. The topological polar surface area (TPSA) is 40.6 Å². The zero-order valence-corrected chi connectivity index (χ0v) is 12.1. The number of fused-ring (bicyclic) bond motifs is 1. The molecule has 1 aromatic carbocycles. The van der Waals surface area contributed by atoms with Crippen molar-refractivity contribution in [3.63, 3.8) is 0 Å². The molecule has 1 amide bonds. The van der Waals surface area contributed by atoms with Crippen molar-refractivity contribution in [2.75, 3.05) is 31.1 Å². The fourth-order valence-corrected chi connectivity index (χ4v) is 2.52. The van der Waals surface area contributed by atoms with E-state index in [-0.39, 0.29) is 11.3 Å². The van der Waals surface area contributed by atoms with Crippen molar-refractivity contribution in [3.05, 3.63) is 29.1 Å². The number of amides is 1. The quantitative estimate of drug-likeness (QED) is 0.774. The Labute approximate surface area is 118 Å². The molecule has 0 saturated carbocycles. The summed E-state index contributed by atoms with van der Waals surface area (Å²) in [4.78, 5) is 27.3. The Morgan fingerprint density at radius 1 is 1.20 bits per heavy atom. The minimum absolute atomic E-state index is 0.137. The average Bonchev–Trinajstić information content (AvgIpc) is 2.65. The van der Waals surface area contributed by atoms with Gasteiger partial charge in [-0.1, -0.05) is 13.8 Å². The maximum absolute atomic E-state index is 14.1. The minimum atomic E-state index is -0.628. The van der Waals surface area contributed by atoms with Crippen LogP contribution >= 0.6 is 0 Å². The van der Waals surface area contributed by atoms with Crippen molar-refractivity contribution < 1.29 is 14.0 Å². The summed E-state index contributed by atoms with van der Waals surface area (Å²) in [6.45, 7) is 8.43. The number of carbonyl (C=O) groups excluding carboxylic acids is 2. The molecule has 0 aromatic heterocycles. The molecule has 2 rings (SSSR count). The molecule has 0 spiro atoms. The Morgan fingerprint density at radius 2 is 1.85 bits per heavy atom. The van der Waals surface area contributed by atoms with Crippen LogP contribution in [-0.2, 0) is 4.79 Å². The summed E-state index contributed by atoms with van der Waals surface area (Å²) in [6, 6.07) is 2.94. The molecule has 0 radical (unpaired) electrons. The van der Waals surface area contributed by atoms with Crippen LogP contribution in [0.4, 0.5) is 10.1 Å². The van der Waals surface area contributed by atoms with E-state index in [4.69, 9.17) is 0 Å². The van der Waals surface area contributed by atoms with Crippen molar-refractivity contribution in [3.8, 4) is 0 Å². The molecule has 0 aliphatic carbocycles. The van der Waals surface area contributed by atoms with E-state index in [1.807, 2.05) is 13.8 Å².